The van der Waals surface area contributed by atoms with Gasteiger partial charge in [-0.1, -0.05) is 32.9 Å². The minimum Gasteiger partial charge on any atom is -0.451 e. The fraction of sp³-hybridized carbons (Fsp3) is 0.571. The topological polar surface area (TPSA) is 105 Å². The molecule has 2 atom stereocenters. The summed E-state index contributed by atoms with van der Waals surface area (Å²) in [4.78, 5) is 31.7. The van der Waals surface area contributed by atoms with Gasteiger partial charge in [0.25, 0.3) is 15.9 Å². The van der Waals surface area contributed by atoms with Crippen LogP contribution in [-0.4, -0.2) is 56.3 Å². The van der Waals surface area contributed by atoms with Gasteiger partial charge in [-0.3, -0.25) is 14.5 Å². The highest BCUT2D eigenvalue weighted by Crippen LogP contribution is 2.24. The van der Waals surface area contributed by atoms with Gasteiger partial charge in [-0.25, -0.2) is 13.2 Å². The van der Waals surface area contributed by atoms with E-state index in [0.29, 0.717) is 24.6 Å². The van der Waals surface area contributed by atoms with Crippen LogP contribution in [0.1, 0.15) is 46.1 Å². The Balaban J connectivity index is 1.75. The number of hydrogen-bond acceptors (Lipinski definition) is 6. The second-order valence-electron chi connectivity index (χ2n) is 8.36. The van der Waals surface area contributed by atoms with Crippen molar-refractivity contribution in [2.75, 3.05) is 13.1 Å². The van der Waals surface area contributed by atoms with E-state index in [4.69, 9.17) is 4.74 Å². The van der Waals surface area contributed by atoms with E-state index >= 15 is 0 Å². The van der Waals surface area contributed by atoms with Crippen LogP contribution in [0, 0.1) is 11.8 Å². The molecule has 1 fully saturated rings. The van der Waals surface area contributed by atoms with E-state index in [1.54, 1.807) is 43.9 Å². The molecule has 0 spiro atoms. The molecule has 30 heavy (non-hydrogen) atoms. The summed E-state index contributed by atoms with van der Waals surface area (Å²) in [5, 5.41) is 0. The molecule has 0 bridgehead atoms. The van der Waals surface area contributed by atoms with Crippen molar-refractivity contribution >= 4 is 27.7 Å². The minimum atomic E-state index is -3.70. The molecular weight excluding hydrogens is 406 g/mol. The van der Waals surface area contributed by atoms with Gasteiger partial charge in [0.1, 0.15) is 5.84 Å². The lowest BCUT2D eigenvalue weighted by Crippen LogP contribution is -2.45. The second kappa shape index (κ2) is 8.75. The molecule has 164 valence electrons. The third-order valence-electron chi connectivity index (χ3n) is 5.54. The van der Waals surface area contributed by atoms with Gasteiger partial charge in [-0.05, 0) is 43.7 Å². The molecule has 2 aliphatic rings. The maximum Gasteiger partial charge on any atom is 0.331 e. The van der Waals surface area contributed by atoms with E-state index < -0.39 is 28.1 Å². The Kier molecular flexibility index (Phi) is 6.50. The van der Waals surface area contributed by atoms with Crippen LogP contribution in [0.2, 0.25) is 0 Å². The summed E-state index contributed by atoms with van der Waals surface area (Å²) < 4.78 is 32.4. The molecule has 0 aromatic heterocycles. The molecule has 2 aliphatic heterocycles. The van der Waals surface area contributed by atoms with E-state index in [1.807, 2.05) is 0 Å². The summed E-state index contributed by atoms with van der Waals surface area (Å²) in [6, 6.07) is 5.52. The Hall–Kier alpha value is -2.42. The Labute approximate surface area is 177 Å². The predicted molar refractivity (Wildman–Crippen MR) is 112 cm³/mol. The molecular formula is C21H29N3O5S. The third-order valence-corrected chi connectivity index (χ3v) is 6.94. The van der Waals surface area contributed by atoms with E-state index in [-0.39, 0.29) is 22.6 Å². The third kappa shape index (κ3) is 4.66. The van der Waals surface area contributed by atoms with Crippen molar-refractivity contribution in [2.24, 2.45) is 16.8 Å². The molecule has 8 nitrogen and oxygen atoms in total. The van der Waals surface area contributed by atoms with Gasteiger partial charge in [-0.15, -0.1) is 0 Å². The zero-order chi connectivity index (χ0) is 22.1. The summed E-state index contributed by atoms with van der Waals surface area (Å²) >= 11 is 0. The molecule has 0 saturated carbocycles. The number of esters is 1. The number of carbonyl (C=O) groups excluding carboxylic acids is 2. The monoisotopic (exact) mass is 435 g/mol. The molecule has 0 unspecified atom stereocenters. The molecule has 3 rings (SSSR count). The van der Waals surface area contributed by atoms with E-state index in [2.05, 4.69) is 16.6 Å². The number of likely N-dealkylation sites (tertiary alicyclic amines) is 1. The number of hydrogen-bond donors (Lipinski definition) is 1. The molecule has 2 heterocycles. The number of nitrogens with one attached hydrogen (secondary N) is 1. The standard InChI is InChI=1S/C21H29N3O5S/c1-13(2)18(22-19-16-7-5-6-8-17(16)30(27,28)23-19)21(26)29-15(4)20(25)24-11-9-14(3)10-12-24/h5-8,13-15,18H,9-12H2,1-4H3,(H,22,23)/t15-,18-/m0/s1. The number of fused-ring (bicyclic) bond motifs is 1. The quantitative estimate of drug-likeness (QED) is 0.712. The summed E-state index contributed by atoms with van der Waals surface area (Å²) in [5.74, 6) is -0.401. The highest BCUT2D eigenvalue weighted by atomic mass is 32.2. The first-order chi connectivity index (χ1) is 14.1. The van der Waals surface area contributed by atoms with Crippen molar-refractivity contribution in [1.29, 1.82) is 0 Å². The van der Waals surface area contributed by atoms with E-state index in [1.165, 1.54) is 6.07 Å². The summed E-state index contributed by atoms with van der Waals surface area (Å²) in [6.45, 7) is 8.64. The first-order valence-corrected chi connectivity index (χ1v) is 11.8. The van der Waals surface area contributed by atoms with Gasteiger partial charge in [0, 0.05) is 18.7 Å². The molecule has 0 aliphatic carbocycles. The SMILES string of the molecule is CC1CCN(C(=O)[C@H](C)OC(=O)[C@@H](N=C2NS(=O)(=O)c3ccccc32)C(C)C)CC1. The number of carbonyl (C=O) groups is 2. The number of benzene rings is 1. The largest absolute Gasteiger partial charge is 0.451 e. The number of rotatable bonds is 5. The van der Waals surface area contributed by atoms with Crippen molar-refractivity contribution in [3.63, 3.8) is 0 Å². The average molecular weight is 436 g/mol. The molecule has 1 saturated heterocycles. The lowest BCUT2D eigenvalue weighted by molar-refractivity contribution is -0.161. The van der Waals surface area contributed by atoms with Crippen LogP contribution in [-0.2, 0) is 24.3 Å². The summed E-state index contributed by atoms with van der Waals surface area (Å²) in [6.07, 6.45) is 0.961. The number of sulfonamides is 1. The second-order valence-corrected chi connectivity index (χ2v) is 10.0. The van der Waals surface area contributed by atoms with Crippen molar-refractivity contribution in [1.82, 2.24) is 9.62 Å². The minimum absolute atomic E-state index is 0.116. The van der Waals surface area contributed by atoms with Crippen LogP contribution in [0.15, 0.2) is 34.2 Å². The van der Waals surface area contributed by atoms with Crippen LogP contribution in [0.4, 0.5) is 0 Å². The van der Waals surface area contributed by atoms with E-state index in [9.17, 15) is 18.0 Å². The Bertz CT molecular complexity index is 949. The van der Waals surface area contributed by atoms with E-state index in [0.717, 1.165) is 12.8 Å². The number of ether oxygens (including phenoxy) is 1. The number of nitrogens with zero attached hydrogens (tertiary/aromatic N) is 2. The lowest BCUT2D eigenvalue weighted by Gasteiger charge is -2.32. The summed E-state index contributed by atoms with van der Waals surface area (Å²) in [5.41, 5.74) is 0.419. The first kappa shape index (κ1) is 22.3. The number of aliphatic imine (C=N–C) groups is 1. The zero-order valence-electron chi connectivity index (χ0n) is 17.8. The lowest BCUT2D eigenvalue weighted by atomic mass is 9.99. The van der Waals surface area contributed by atoms with Crippen LogP contribution in [0.3, 0.4) is 0 Å². The fourth-order valence-corrected chi connectivity index (χ4v) is 4.86. The van der Waals surface area contributed by atoms with Gasteiger partial charge in [0.05, 0.1) is 4.90 Å². The fourth-order valence-electron chi connectivity index (χ4n) is 3.62. The molecule has 0 radical (unpaired) electrons. The number of amidine groups is 1. The molecule has 1 amide bonds. The first-order valence-electron chi connectivity index (χ1n) is 10.3. The number of amides is 1. The molecule has 1 aromatic carbocycles. The Morgan fingerprint density at radius 3 is 2.43 bits per heavy atom. The van der Waals surface area contributed by atoms with Gasteiger partial charge < -0.3 is 9.64 Å². The maximum atomic E-state index is 12.8. The normalized spacial score (nSPS) is 21.8. The molecule has 1 aromatic rings. The predicted octanol–water partition coefficient (Wildman–Crippen LogP) is 1.94. The maximum absolute atomic E-state index is 12.8. The number of piperidine rings is 1. The van der Waals surface area contributed by atoms with Gasteiger partial charge >= 0.3 is 5.97 Å². The summed E-state index contributed by atoms with van der Waals surface area (Å²) in [7, 11) is -3.70. The Morgan fingerprint density at radius 1 is 1.17 bits per heavy atom. The molecule has 1 N–H and O–H groups in total. The zero-order valence-corrected chi connectivity index (χ0v) is 18.6. The van der Waals surface area contributed by atoms with Gasteiger partial charge in [0.2, 0.25) is 0 Å². The average Bonchev–Trinajstić information content (AvgIpc) is 2.96. The van der Waals surface area contributed by atoms with Crippen LogP contribution >= 0.6 is 0 Å². The van der Waals surface area contributed by atoms with Crippen LogP contribution in [0.5, 0.6) is 0 Å². The van der Waals surface area contributed by atoms with Crippen molar-refractivity contribution in [3.05, 3.63) is 29.8 Å². The highest BCUT2D eigenvalue weighted by molar-refractivity contribution is 7.90. The van der Waals surface area contributed by atoms with Crippen molar-refractivity contribution < 1.29 is 22.7 Å². The van der Waals surface area contributed by atoms with Gasteiger partial charge in [-0.2, -0.15) is 0 Å². The smallest absolute Gasteiger partial charge is 0.331 e. The van der Waals surface area contributed by atoms with Crippen LogP contribution < -0.4 is 4.72 Å². The molecule has 9 heteroatoms. The van der Waals surface area contributed by atoms with Gasteiger partial charge in [0.15, 0.2) is 12.1 Å². The van der Waals surface area contributed by atoms with Crippen molar-refractivity contribution in [2.45, 2.75) is 57.6 Å². The van der Waals surface area contributed by atoms with Crippen molar-refractivity contribution in [3.8, 4) is 0 Å². The van der Waals surface area contributed by atoms with Crippen LogP contribution in [0.25, 0.3) is 0 Å². The Morgan fingerprint density at radius 2 is 1.80 bits per heavy atom. The highest BCUT2D eigenvalue weighted by Gasteiger charge is 2.34.